The van der Waals surface area contributed by atoms with E-state index in [1.807, 2.05) is 18.2 Å². The van der Waals surface area contributed by atoms with Crippen LogP contribution in [0.5, 0.6) is 0 Å². The van der Waals surface area contributed by atoms with Crippen LogP contribution in [-0.4, -0.2) is 31.3 Å². The third-order valence-electron chi connectivity index (χ3n) is 4.45. The van der Waals surface area contributed by atoms with Gasteiger partial charge in [-0.3, -0.25) is 0 Å². The lowest BCUT2D eigenvalue weighted by Gasteiger charge is -2.37. The van der Waals surface area contributed by atoms with E-state index in [1.165, 1.54) is 14.2 Å². The lowest BCUT2D eigenvalue weighted by molar-refractivity contribution is -0.141. The van der Waals surface area contributed by atoms with E-state index >= 15 is 0 Å². The van der Waals surface area contributed by atoms with E-state index in [9.17, 15) is 14.7 Å². The normalized spacial score (nSPS) is 19.2. The molecule has 0 saturated heterocycles. The molecule has 5 heteroatoms. The largest absolute Gasteiger partial charge is 0.466 e. The SMILES string of the molecule is COC(=O)C1=C(C(=O)OC)C(O)(c2ccccc2)c2ccccc2C1. The van der Waals surface area contributed by atoms with E-state index in [4.69, 9.17) is 9.47 Å². The van der Waals surface area contributed by atoms with Gasteiger partial charge in [0.2, 0.25) is 0 Å². The molecule has 1 aliphatic rings. The Morgan fingerprint density at radius 3 is 2.16 bits per heavy atom. The highest BCUT2D eigenvalue weighted by Crippen LogP contribution is 2.44. The molecule has 0 spiro atoms. The molecular weight excluding hydrogens is 320 g/mol. The molecule has 3 rings (SSSR count). The fraction of sp³-hybridized carbons (Fsp3) is 0.200. The van der Waals surface area contributed by atoms with Gasteiger partial charge in [0.1, 0.15) is 5.60 Å². The third-order valence-corrected chi connectivity index (χ3v) is 4.45. The van der Waals surface area contributed by atoms with Gasteiger partial charge in [-0.25, -0.2) is 9.59 Å². The second kappa shape index (κ2) is 6.53. The maximum absolute atomic E-state index is 12.5. The summed E-state index contributed by atoms with van der Waals surface area (Å²) in [4.78, 5) is 24.9. The van der Waals surface area contributed by atoms with Crippen LogP contribution in [0.3, 0.4) is 0 Å². The van der Waals surface area contributed by atoms with Crippen molar-refractivity contribution in [1.29, 1.82) is 0 Å². The highest BCUT2D eigenvalue weighted by molar-refractivity contribution is 6.03. The minimum atomic E-state index is -1.80. The van der Waals surface area contributed by atoms with Crippen molar-refractivity contribution in [2.45, 2.75) is 12.0 Å². The highest BCUT2D eigenvalue weighted by atomic mass is 16.5. The number of hydrogen-bond acceptors (Lipinski definition) is 5. The number of methoxy groups -OCH3 is 2. The molecule has 0 aromatic heterocycles. The molecule has 0 aliphatic heterocycles. The Kier molecular flexibility index (Phi) is 4.42. The summed E-state index contributed by atoms with van der Waals surface area (Å²) >= 11 is 0. The first-order valence-electron chi connectivity index (χ1n) is 7.80. The number of aliphatic hydroxyl groups is 1. The predicted octanol–water partition coefficient (Wildman–Crippen LogP) is 2.12. The second-order valence-corrected chi connectivity index (χ2v) is 5.75. The van der Waals surface area contributed by atoms with Gasteiger partial charge in [0.25, 0.3) is 0 Å². The van der Waals surface area contributed by atoms with Gasteiger partial charge in [0.05, 0.1) is 25.4 Å². The van der Waals surface area contributed by atoms with Gasteiger partial charge in [-0.15, -0.1) is 0 Å². The van der Waals surface area contributed by atoms with Crippen LogP contribution in [-0.2, 0) is 31.1 Å². The number of esters is 2. The van der Waals surface area contributed by atoms with Crippen molar-refractivity contribution in [2.75, 3.05) is 14.2 Å². The smallest absolute Gasteiger partial charge is 0.337 e. The zero-order chi connectivity index (χ0) is 18.0. The first kappa shape index (κ1) is 16.9. The molecule has 0 radical (unpaired) electrons. The molecule has 0 saturated carbocycles. The lowest BCUT2D eigenvalue weighted by atomic mass is 9.71. The molecule has 0 bridgehead atoms. The standard InChI is InChI=1S/C20H18O5/c1-24-18(21)15-12-13-8-6-7-11-16(13)20(23,17(15)19(22)25-2)14-9-4-3-5-10-14/h3-11,23H,12H2,1-2H3. The van der Waals surface area contributed by atoms with Crippen LogP contribution in [0.1, 0.15) is 16.7 Å². The molecule has 1 atom stereocenters. The number of carbonyl (C=O) groups is 2. The molecule has 128 valence electrons. The fourth-order valence-corrected chi connectivity index (χ4v) is 3.31. The Balaban J connectivity index is 2.38. The Hall–Kier alpha value is -2.92. The van der Waals surface area contributed by atoms with Crippen molar-refractivity contribution in [3.8, 4) is 0 Å². The zero-order valence-corrected chi connectivity index (χ0v) is 14.0. The molecule has 0 heterocycles. The first-order chi connectivity index (χ1) is 12.0. The average Bonchev–Trinajstić information content (AvgIpc) is 2.67. The maximum Gasteiger partial charge on any atom is 0.337 e. The van der Waals surface area contributed by atoms with Gasteiger partial charge in [-0.1, -0.05) is 54.6 Å². The summed E-state index contributed by atoms with van der Waals surface area (Å²) in [6, 6.07) is 15.9. The maximum atomic E-state index is 12.5. The van der Waals surface area contributed by atoms with E-state index in [1.54, 1.807) is 36.4 Å². The van der Waals surface area contributed by atoms with Gasteiger partial charge in [0.15, 0.2) is 0 Å². The van der Waals surface area contributed by atoms with Crippen LogP contribution in [0.2, 0.25) is 0 Å². The minimum Gasteiger partial charge on any atom is -0.466 e. The molecule has 2 aromatic carbocycles. The van der Waals surface area contributed by atoms with Crippen LogP contribution >= 0.6 is 0 Å². The number of fused-ring (bicyclic) bond motifs is 1. The summed E-state index contributed by atoms with van der Waals surface area (Å²) in [5.41, 5.74) is -0.0292. The Morgan fingerprint density at radius 1 is 0.920 bits per heavy atom. The van der Waals surface area contributed by atoms with Gasteiger partial charge >= 0.3 is 11.9 Å². The van der Waals surface area contributed by atoms with Crippen molar-refractivity contribution in [3.63, 3.8) is 0 Å². The van der Waals surface area contributed by atoms with Crippen molar-refractivity contribution >= 4 is 11.9 Å². The van der Waals surface area contributed by atoms with Crippen LogP contribution in [0.25, 0.3) is 0 Å². The molecule has 1 aliphatic carbocycles. The molecule has 1 unspecified atom stereocenters. The zero-order valence-electron chi connectivity index (χ0n) is 14.0. The second-order valence-electron chi connectivity index (χ2n) is 5.75. The van der Waals surface area contributed by atoms with E-state index in [0.29, 0.717) is 11.1 Å². The summed E-state index contributed by atoms with van der Waals surface area (Å²) in [6.45, 7) is 0. The number of ether oxygens (including phenoxy) is 2. The van der Waals surface area contributed by atoms with Gasteiger partial charge < -0.3 is 14.6 Å². The third kappa shape index (κ3) is 2.62. The van der Waals surface area contributed by atoms with E-state index < -0.39 is 17.5 Å². The van der Waals surface area contributed by atoms with Crippen molar-refractivity contribution < 1.29 is 24.2 Å². The average molecular weight is 338 g/mol. The summed E-state index contributed by atoms with van der Waals surface area (Å²) in [5, 5.41) is 11.7. The van der Waals surface area contributed by atoms with Gasteiger partial charge in [-0.05, 0) is 16.7 Å². The summed E-state index contributed by atoms with van der Waals surface area (Å²) in [5.74, 6) is -1.43. The van der Waals surface area contributed by atoms with E-state index in [2.05, 4.69) is 0 Å². The quantitative estimate of drug-likeness (QED) is 0.868. The van der Waals surface area contributed by atoms with Gasteiger partial charge in [-0.2, -0.15) is 0 Å². The van der Waals surface area contributed by atoms with Crippen LogP contribution in [0.4, 0.5) is 0 Å². The van der Waals surface area contributed by atoms with Crippen LogP contribution in [0.15, 0.2) is 65.7 Å². The molecule has 25 heavy (non-hydrogen) atoms. The predicted molar refractivity (Wildman–Crippen MR) is 90.6 cm³/mol. The number of benzene rings is 2. The van der Waals surface area contributed by atoms with E-state index in [-0.39, 0.29) is 17.6 Å². The number of rotatable bonds is 3. The molecule has 0 fully saturated rings. The first-order valence-corrected chi connectivity index (χ1v) is 7.80. The monoisotopic (exact) mass is 338 g/mol. The lowest BCUT2D eigenvalue weighted by Crippen LogP contribution is -2.40. The van der Waals surface area contributed by atoms with E-state index in [0.717, 1.165) is 5.56 Å². The number of carbonyl (C=O) groups excluding carboxylic acids is 2. The minimum absolute atomic E-state index is 0.0967. The molecule has 2 aromatic rings. The van der Waals surface area contributed by atoms with Crippen molar-refractivity contribution in [1.82, 2.24) is 0 Å². The summed E-state index contributed by atoms with van der Waals surface area (Å²) in [6.07, 6.45) is 0.183. The van der Waals surface area contributed by atoms with Gasteiger partial charge in [0, 0.05) is 6.42 Å². The molecule has 5 nitrogen and oxygen atoms in total. The molecule has 1 N–H and O–H groups in total. The fourth-order valence-electron chi connectivity index (χ4n) is 3.31. The van der Waals surface area contributed by atoms with Crippen LogP contribution < -0.4 is 0 Å². The van der Waals surface area contributed by atoms with Crippen molar-refractivity contribution in [2.24, 2.45) is 0 Å². The molecule has 0 amide bonds. The Bertz CT molecular complexity index is 853. The Labute approximate surface area is 145 Å². The van der Waals surface area contributed by atoms with Crippen molar-refractivity contribution in [3.05, 3.63) is 82.4 Å². The molecular formula is C20H18O5. The Morgan fingerprint density at radius 2 is 1.52 bits per heavy atom. The summed E-state index contributed by atoms with van der Waals surface area (Å²) in [7, 11) is 2.46. The van der Waals surface area contributed by atoms with Crippen LogP contribution in [0, 0.1) is 0 Å². The number of hydrogen-bond donors (Lipinski definition) is 1. The summed E-state index contributed by atoms with van der Waals surface area (Å²) < 4.78 is 9.73. The topological polar surface area (TPSA) is 72.8 Å². The highest BCUT2D eigenvalue weighted by Gasteiger charge is 2.47.